The van der Waals surface area contributed by atoms with E-state index in [1.807, 2.05) is 0 Å². The molecule has 0 saturated carbocycles. The van der Waals surface area contributed by atoms with Gasteiger partial charge in [-0.25, -0.2) is 13.4 Å². The van der Waals surface area contributed by atoms with E-state index in [4.69, 9.17) is 0 Å². The number of aryl methyl sites for hydroxylation is 1. The van der Waals surface area contributed by atoms with E-state index in [0.29, 0.717) is 24.6 Å². The molecule has 2 rings (SSSR count). The van der Waals surface area contributed by atoms with E-state index in [9.17, 15) is 8.42 Å². The van der Waals surface area contributed by atoms with Crippen LogP contribution in [0.5, 0.6) is 0 Å². The number of sulfone groups is 1. The molecule has 7 heteroatoms. The Labute approximate surface area is 169 Å². The smallest absolute Gasteiger partial charge is 0.191 e. The van der Waals surface area contributed by atoms with Gasteiger partial charge in [-0.3, -0.25) is 0 Å². The fourth-order valence-electron chi connectivity index (χ4n) is 2.70. The lowest BCUT2D eigenvalue weighted by Crippen LogP contribution is -2.40. The van der Waals surface area contributed by atoms with E-state index in [-0.39, 0.29) is 29.9 Å². The molecule has 1 fully saturated rings. The lowest BCUT2D eigenvalue weighted by Gasteiger charge is -2.15. The van der Waals surface area contributed by atoms with Crippen molar-refractivity contribution < 1.29 is 8.42 Å². The van der Waals surface area contributed by atoms with Crippen LogP contribution in [0.15, 0.2) is 29.3 Å². The van der Waals surface area contributed by atoms with Crippen molar-refractivity contribution in [2.24, 2.45) is 10.9 Å². The molecule has 0 spiro atoms. The number of aliphatic imine (C=N–C) groups is 1. The number of unbranched alkanes of at least 4 members (excludes halogenated alkanes) is 1. The quantitative estimate of drug-likeness (QED) is 0.273. The van der Waals surface area contributed by atoms with Crippen molar-refractivity contribution in [3.05, 3.63) is 35.4 Å². The molecule has 1 aromatic rings. The van der Waals surface area contributed by atoms with Crippen molar-refractivity contribution in [1.82, 2.24) is 10.6 Å². The number of rotatable bonds is 7. The summed E-state index contributed by atoms with van der Waals surface area (Å²) in [7, 11) is -2.82. The first kappa shape index (κ1) is 22.2. The van der Waals surface area contributed by atoms with Gasteiger partial charge in [-0.2, -0.15) is 0 Å². The number of hydrogen-bond acceptors (Lipinski definition) is 3. The van der Waals surface area contributed by atoms with Crippen molar-refractivity contribution in [2.75, 3.05) is 24.6 Å². The van der Waals surface area contributed by atoms with Crippen molar-refractivity contribution in [2.45, 2.75) is 39.7 Å². The van der Waals surface area contributed by atoms with Gasteiger partial charge >= 0.3 is 0 Å². The van der Waals surface area contributed by atoms with Gasteiger partial charge < -0.3 is 10.6 Å². The van der Waals surface area contributed by atoms with E-state index in [1.54, 1.807) is 0 Å². The molecule has 1 aliphatic rings. The predicted molar refractivity (Wildman–Crippen MR) is 115 cm³/mol. The van der Waals surface area contributed by atoms with E-state index in [2.05, 4.69) is 53.7 Å². The summed E-state index contributed by atoms with van der Waals surface area (Å²) in [5.41, 5.74) is 2.41. The number of halogens is 1. The van der Waals surface area contributed by atoms with Crippen molar-refractivity contribution in [3.8, 4) is 0 Å². The van der Waals surface area contributed by atoms with Crippen LogP contribution in [-0.4, -0.2) is 39.0 Å². The average molecular weight is 479 g/mol. The number of guanidine groups is 1. The summed E-state index contributed by atoms with van der Waals surface area (Å²) < 4.78 is 23.1. The molecule has 1 unspecified atom stereocenters. The Morgan fingerprint density at radius 1 is 1.24 bits per heavy atom. The maximum absolute atomic E-state index is 11.6. The predicted octanol–water partition coefficient (Wildman–Crippen LogP) is 2.88. The minimum Gasteiger partial charge on any atom is -0.356 e. The van der Waals surface area contributed by atoms with E-state index < -0.39 is 9.84 Å². The average Bonchev–Trinajstić information content (AvgIpc) is 2.90. The Morgan fingerprint density at radius 2 is 1.96 bits per heavy atom. The molecular weight excluding hydrogens is 449 g/mol. The van der Waals surface area contributed by atoms with Gasteiger partial charge in [-0.1, -0.05) is 43.2 Å². The first-order valence-corrected chi connectivity index (χ1v) is 10.6. The summed E-state index contributed by atoms with van der Waals surface area (Å²) in [5, 5.41) is 6.65. The normalized spacial score (nSPS) is 19.3. The Kier molecular flexibility index (Phi) is 9.78. The molecular formula is C18H30IN3O2S. The summed E-state index contributed by atoms with van der Waals surface area (Å²) in [4.78, 5) is 4.64. The van der Waals surface area contributed by atoms with E-state index in [1.165, 1.54) is 11.1 Å². The third-order valence-electron chi connectivity index (χ3n) is 4.25. The maximum Gasteiger partial charge on any atom is 0.191 e. The van der Waals surface area contributed by atoms with Crippen LogP contribution in [0.2, 0.25) is 0 Å². The molecule has 25 heavy (non-hydrogen) atoms. The fraction of sp³-hybridized carbons (Fsp3) is 0.611. The van der Waals surface area contributed by atoms with Gasteiger partial charge in [-0.15, -0.1) is 24.0 Å². The molecule has 0 bridgehead atoms. The summed E-state index contributed by atoms with van der Waals surface area (Å²) in [5.74, 6) is 1.57. The number of nitrogens with one attached hydrogen (secondary N) is 2. The highest BCUT2D eigenvalue weighted by molar-refractivity contribution is 14.0. The third-order valence-corrected chi connectivity index (χ3v) is 6.09. The Balaban J connectivity index is 0.00000312. The van der Waals surface area contributed by atoms with Crippen molar-refractivity contribution in [3.63, 3.8) is 0 Å². The molecule has 0 amide bonds. The summed E-state index contributed by atoms with van der Waals surface area (Å²) >= 11 is 0. The van der Waals surface area contributed by atoms with Crippen LogP contribution < -0.4 is 10.6 Å². The zero-order valence-corrected chi connectivity index (χ0v) is 18.3. The van der Waals surface area contributed by atoms with Crippen LogP contribution in [-0.2, 0) is 16.4 Å². The highest BCUT2D eigenvalue weighted by Gasteiger charge is 2.27. The highest BCUT2D eigenvalue weighted by atomic mass is 127. The zero-order valence-electron chi connectivity index (χ0n) is 15.1. The van der Waals surface area contributed by atoms with Gasteiger partial charge in [0, 0.05) is 13.1 Å². The number of benzene rings is 1. The fourth-order valence-corrected chi connectivity index (χ4v) is 4.56. The lowest BCUT2D eigenvalue weighted by molar-refractivity contribution is 0.565. The molecule has 1 heterocycles. The lowest BCUT2D eigenvalue weighted by atomic mass is 10.1. The van der Waals surface area contributed by atoms with Gasteiger partial charge in [0.05, 0.1) is 18.1 Å². The highest BCUT2D eigenvalue weighted by Crippen LogP contribution is 2.17. The van der Waals surface area contributed by atoms with Gasteiger partial charge in [0.2, 0.25) is 0 Å². The monoisotopic (exact) mass is 479 g/mol. The van der Waals surface area contributed by atoms with Gasteiger partial charge in [0.1, 0.15) is 0 Å². The van der Waals surface area contributed by atoms with Crippen molar-refractivity contribution in [1.29, 1.82) is 0 Å². The van der Waals surface area contributed by atoms with Crippen LogP contribution in [0.1, 0.15) is 37.3 Å². The standard InChI is InChI=1S/C18H29N3O2S.HI/c1-3-4-10-19-18(20-12-16-7-5-15(2)6-8-16)21-13-17-9-11-24(22,23)14-17;/h5-8,17H,3-4,9-14H2,1-2H3,(H2,19,20,21);1H. The molecule has 0 aromatic heterocycles. The minimum absolute atomic E-state index is 0. The zero-order chi connectivity index (χ0) is 17.4. The Hall–Kier alpha value is -0.830. The minimum atomic E-state index is -2.82. The number of hydrogen-bond donors (Lipinski definition) is 2. The summed E-state index contributed by atoms with van der Waals surface area (Å²) in [6, 6.07) is 8.36. The molecule has 5 nitrogen and oxygen atoms in total. The summed E-state index contributed by atoms with van der Waals surface area (Å²) in [6.45, 7) is 6.37. The first-order valence-electron chi connectivity index (χ1n) is 8.76. The molecule has 142 valence electrons. The second kappa shape index (κ2) is 11.0. The topological polar surface area (TPSA) is 70.6 Å². The number of nitrogens with zero attached hydrogens (tertiary/aromatic N) is 1. The van der Waals surface area contributed by atoms with Crippen LogP contribution >= 0.6 is 24.0 Å². The molecule has 1 aromatic carbocycles. The van der Waals surface area contributed by atoms with E-state index in [0.717, 1.165) is 31.8 Å². The Morgan fingerprint density at radius 3 is 2.56 bits per heavy atom. The third kappa shape index (κ3) is 8.40. The maximum atomic E-state index is 11.6. The molecule has 2 N–H and O–H groups in total. The van der Waals surface area contributed by atoms with Crippen LogP contribution in [0.4, 0.5) is 0 Å². The Bertz CT molecular complexity index is 645. The first-order chi connectivity index (χ1) is 11.5. The van der Waals surface area contributed by atoms with Gasteiger partial charge in [0.25, 0.3) is 0 Å². The van der Waals surface area contributed by atoms with Crippen molar-refractivity contribution >= 4 is 39.8 Å². The van der Waals surface area contributed by atoms with E-state index >= 15 is 0 Å². The molecule has 1 saturated heterocycles. The summed E-state index contributed by atoms with van der Waals surface area (Å²) in [6.07, 6.45) is 2.96. The molecule has 0 aliphatic carbocycles. The molecule has 1 atom stereocenters. The van der Waals surface area contributed by atoms with Gasteiger partial charge in [0.15, 0.2) is 15.8 Å². The van der Waals surface area contributed by atoms with Crippen LogP contribution in [0, 0.1) is 12.8 Å². The second-order valence-electron chi connectivity index (χ2n) is 6.58. The largest absolute Gasteiger partial charge is 0.356 e. The van der Waals surface area contributed by atoms with Gasteiger partial charge in [-0.05, 0) is 31.2 Å². The SMILES string of the molecule is CCCCNC(=NCc1ccc(C)cc1)NCC1CCS(=O)(=O)C1.I. The van der Waals surface area contributed by atoms with Crippen LogP contribution in [0.25, 0.3) is 0 Å². The molecule has 0 radical (unpaired) electrons. The second-order valence-corrected chi connectivity index (χ2v) is 8.81. The molecule has 1 aliphatic heterocycles. The van der Waals surface area contributed by atoms with Crippen LogP contribution in [0.3, 0.4) is 0 Å².